The van der Waals surface area contributed by atoms with E-state index in [0.29, 0.717) is 24.4 Å². The van der Waals surface area contributed by atoms with E-state index < -0.39 is 0 Å². The molecule has 1 aromatic carbocycles. The summed E-state index contributed by atoms with van der Waals surface area (Å²) < 4.78 is 5.18. The molecule has 1 heterocycles. The van der Waals surface area contributed by atoms with Gasteiger partial charge in [-0.3, -0.25) is 9.59 Å². The van der Waals surface area contributed by atoms with Gasteiger partial charge in [0.25, 0.3) is 5.91 Å². The highest BCUT2D eigenvalue weighted by molar-refractivity contribution is 5.95. The largest absolute Gasteiger partial charge is 0.497 e. The van der Waals surface area contributed by atoms with Crippen molar-refractivity contribution in [3.8, 4) is 5.75 Å². The van der Waals surface area contributed by atoms with Gasteiger partial charge in [-0.15, -0.1) is 0 Å². The SMILES string of the molecule is CCC[C@H](C)NC(=O)[C@H]1CCCN(C(=O)c2cccc(OC)c2)C1. The van der Waals surface area contributed by atoms with E-state index in [0.717, 1.165) is 25.7 Å². The van der Waals surface area contributed by atoms with Gasteiger partial charge in [-0.25, -0.2) is 0 Å². The summed E-state index contributed by atoms with van der Waals surface area (Å²) in [7, 11) is 1.59. The number of nitrogens with one attached hydrogen (secondary N) is 1. The Balaban J connectivity index is 1.99. The lowest BCUT2D eigenvalue weighted by atomic mass is 9.96. The van der Waals surface area contributed by atoms with Gasteiger partial charge in [0, 0.05) is 24.7 Å². The van der Waals surface area contributed by atoms with E-state index >= 15 is 0 Å². The molecule has 0 radical (unpaired) electrons. The molecule has 2 atom stereocenters. The lowest BCUT2D eigenvalue weighted by Crippen LogP contribution is -2.47. The average Bonchev–Trinajstić information content (AvgIpc) is 2.61. The number of rotatable bonds is 6. The molecule has 2 amide bonds. The minimum atomic E-state index is -0.118. The van der Waals surface area contributed by atoms with Crippen molar-refractivity contribution < 1.29 is 14.3 Å². The van der Waals surface area contributed by atoms with Crippen LogP contribution in [0.2, 0.25) is 0 Å². The second-order valence-corrected chi connectivity index (χ2v) is 6.52. The third-order valence-electron chi connectivity index (χ3n) is 4.51. The van der Waals surface area contributed by atoms with E-state index in [2.05, 4.69) is 12.2 Å². The fraction of sp³-hybridized carbons (Fsp3) is 0.579. The van der Waals surface area contributed by atoms with Gasteiger partial charge < -0.3 is 15.0 Å². The number of piperidine rings is 1. The van der Waals surface area contributed by atoms with Crippen LogP contribution in [0.15, 0.2) is 24.3 Å². The molecule has 1 aromatic rings. The molecule has 2 rings (SSSR count). The Bertz CT molecular complexity index is 573. The minimum Gasteiger partial charge on any atom is -0.497 e. The maximum absolute atomic E-state index is 12.7. The molecule has 0 aromatic heterocycles. The van der Waals surface area contributed by atoms with E-state index in [-0.39, 0.29) is 23.8 Å². The summed E-state index contributed by atoms with van der Waals surface area (Å²) in [5, 5.41) is 3.07. The molecule has 1 saturated heterocycles. The molecule has 0 saturated carbocycles. The smallest absolute Gasteiger partial charge is 0.254 e. The third kappa shape index (κ3) is 4.73. The zero-order chi connectivity index (χ0) is 17.5. The Morgan fingerprint density at radius 1 is 1.42 bits per heavy atom. The monoisotopic (exact) mass is 332 g/mol. The summed E-state index contributed by atoms with van der Waals surface area (Å²) in [6, 6.07) is 7.35. The zero-order valence-corrected chi connectivity index (χ0v) is 14.9. The molecule has 132 valence electrons. The normalized spacial score (nSPS) is 18.8. The van der Waals surface area contributed by atoms with Crippen LogP contribution < -0.4 is 10.1 Å². The lowest BCUT2D eigenvalue weighted by molar-refractivity contribution is -0.127. The summed E-state index contributed by atoms with van der Waals surface area (Å²) in [6.07, 6.45) is 3.72. The van der Waals surface area contributed by atoms with E-state index in [4.69, 9.17) is 4.74 Å². The highest BCUT2D eigenvalue weighted by Crippen LogP contribution is 2.21. The molecule has 5 nitrogen and oxygen atoms in total. The number of hydrogen-bond acceptors (Lipinski definition) is 3. The van der Waals surface area contributed by atoms with E-state index in [1.165, 1.54) is 0 Å². The number of amides is 2. The number of ether oxygens (including phenoxy) is 1. The summed E-state index contributed by atoms with van der Waals surface area (Å²) in [5.74, 6) is 0.584. The predicted molar refractivity (Wildman–Crippen MR) is 94.1 cm³/mol. The van der Waals surface area contributed by atoms with Crippen molar-refractivity contribution in [1.82, 2.24) is 10.2 Å². The van der Waals surface area contributed by atoms with Crippen LogP contribution in [0.1, 0.15) is 49.9 Å². The molecular formula is C19H28N2O3. The molecule has 24 heavy (non-hydrogen) atoms. The van der Waals surface area contributed by atoms with Crippen LogP contribution in [0.25, 0.3) is 0 Å². The van der Waals surface area contributed by atoms with Crippen LogP contribution in [-0.4, -0.2) is 43.0 Å². The Morgan fingerprint density at radius 2 is 2.21 bits per heavy atom. The third-order valence-corrected chi connectivity index (χ3v) is 4.51. The molecule has 1 N–H and O–H groups in total. The highest BCUT2D eigenvalue weighted by Gasteiger charge is 2.29. The van der Waals surface area contributed by atoms with Crippen molar-refractivity contribution in [2.75, 3.05) is 20.2 Å². The first kappa shape index (κ1) is 18.3. The number of hydrogen-bond donors (Lipinski definition) is 1. The maximum Gasteiger partial charge on any atom is 0.254 e. The van der Waals surface area contributed by atoms with Crippen LogP contribution in [0, 0.1) is 5.92 Å². The predicted octanol–water partition coefficient (Wildman–Crippen LogP) is 2.85. The number of carbonyl (C=O) groups is 2. The molecule has 0 bridgehead atoms. The summed E-state index contributed by atoms with van der Waals surface area (Å²) in [4.78, 5) is 26.9. The molecule has 0 unspecified atom stereocenters. The van der Waals surface area contributed by atoms with Crippen molar-refractivity contribution in [2.24, 2.45) is 5.92 Å². The standard InChI is InChI=1S/C19H28N2O3/c1-4-7-14(2)20-18(22)16-9-6-11-21(13-16)19(23)15-8-5-10-17(12-15)24-3/h5,8,10,12,14,16H,4,6-7,9,11,13H2,1-3H3,(H,20,22)/t14-,16-/m0/s1. The van der Waals surface area contributed by atoms with Gasteiger partial charge in [0.2, 0.25) is 5.91 Å². The van der Waals surface area contributed by atoms with Gasteiger partial charge in [-0.2, -0.15) is 0 Å². The fourth-order valence-electron chi connectivity index (χ4n) is 3.18. The summed E-state index contributed by atoms with van der Waals surface area (Å²) in [5.41, 5.74) is 0.606. The number of benzene rings is 1. The van der Waals surface area contributed by atoms with Crippen LogP contribution in [-0.2, 0) is 4.79 Å². The van der Waals surface area contributed by atoms with Crippen molar-refractivity contribution >= 4 is 11.8 Å². The first-order valence-corrected chi connectivity index (χ1v) is 8.78. The molecular weight excluding hydrogens is 304 g/mol. The summed E-state index contributed by atoms with van der Waals surface area (Å²) in [6.45, 7) is 5.33. The zero-order valence-electron chi connectivity index (χ0n) is 14.9. The van der Waals surface area contributed by atoms with Gasteiger partial charge in [0.1, 0.15) is 5.75 Å². The Kier molecular flexibility index (Phi) is 6.64. The maximum atomic E-state index is 12.7. The molecule has 0 spiro atoms. The molecule has 0 aliphatic carbocycles. The van der Waals surface area contributed by atoms with Crippen molar-refractivity contribution in [2.45, 2.75) is 45.6 Å². The van der Waals surface area contributed by atoms with Crippen LogP contribution in [0.3, 0.4) is 0 Å². The van der Waals surface area contributed by atoms with Crippen molar-refractivity contribution in [3.05, 3.63) is 29.8 Å². The average molecular weight is 332 g/mol. The van der Waals surface area contributed by atoms with Gasteiger partial charge in [-0.05, 0) is 44.4 Å². The number of nitrogens with zero attached hydrogens (tertiary/aromatic N) is 1. The molecule has 1 aliphatic heterocycles. The second kappa shape index (κ2) is 8.71. The quantitative estimate of drug-likeness (QED) is 0.871. The number of carbonyl (C=O) groups excluding carboxylic acids is 2. The Labute approximate surface area is 144 Å². The van der Waals surface area contributed by atoms with Gasteiger partial charge in [0.05, 0.1) is 13.0 Å². The highest BCUT2D eigenvalue weighted by atomic mass is 16.5. The van der Waals surface area contributed by atoms with Crippen molar-refractivity contribution in [3.63, 3.8) is 0 Å². The number of methoxy groups -OCH3 is 1. The summed E-state index contributed by atoms with van der Waals surface area (Å²) >= 11 is 0. The van der Waals surface area contributed by atoms with E-state index in [1.54, 1.807) is 24.1 Å². The molecule has 1 fully saturated rings. The van der Waals surface area contributed by atoms with Gasteiger partial charge in [0.15, 0.2) is 0 Å². The second-order valence-electron chi connectivity index (χ2n) is 6.52. The topological polar surface area (TPSA) is 58.6 Å². The minimum absolute atomic E-state index is 0.0343. The fourth-order valence-corrected chi connectivity index (χ4v) is 3.18. The molecule has 1 aliphatic rings. The van der Waals surface area contributed by atoms with Crippen LogP contribution in [0.4, 0.5) is 0 Å². The van der Waals surface area contributed by atoms with Crippen LogP contribution >= 0.6 is 0 Å². The van der Waals surface area contributed by atoms with E-state index in [1.807, 2.05) is 19.1 Å². The van der Waals surface area contributed by atoms with Gasteiger partial charge in [-0.1, -0.05) is 19.4 Å². The van der Waals surface area contributed by atoms with Gasteiger partial charge >= 0.3 is 0 Å². The lowest BCUT2D eigenvalue weighted by Gasteiger charge is -2.32. The van der Waals surface area contributed by atoms with Crippen LogP contribution in [0.5, 0.6) is 5.75 Å². The van der Waals surface area contributed by atoms with Crippen molar-refractivity contribution in [1.29, 1.82) is 0 Å². The first-order valence-electron chi connectivity index (χ1n) is 8.78. The van der Waals surface area contributed by atoms with E-state index in [9.17, 15) is 9.59 Å². The Hall–Kier alpha value is -2.04. The molecule has 5 heteroatoms. The first-order chi connectivity index (χ1) is 11.5. The Morgan fingerprint density at radius 3 is 2.92 bits per heavy atom. The number of likely N-dealkylation sites (tertiary alicyclic amines) is 1.